The lowest BCUT2D eigenvalue weighted by Gasteiger charge is -2.32. The van der Waals surface area contributed by atoms with Crippen LogP contribution in [0, 0.1) is 5.92 Å². The third-order valence-electron chi connectivity index (χ3n) is 9.10. The molecule has 0 saturated carbocycles. The summed E-state index contributed by atoms with van der Waals surface area (Å²) in [4.78, 5) is 31.0. The zero-order valence-corrected chi connectivity index (χ0v) is 25.4. The number of anilines is 3. The number of hydrogen-bond donors (Lipinski definition) is 1. The molecular weight excluding hydrogens is 553 g/mol. The van der Waals surface area contributed by atoms with Crippen molar-refractivity contribution in [3.63, 3.8) is 0 Å². The highest BCUT2D eigenvalue weighted by atomic mass is 28.4. The van der Waals surface area contributed by atoms with E-state index in [0.29, 0.717) is 55.0 Å². The Kier molecular flexibility index (Phi) is 7.53. The number of ether oxygens (including phenoxy) is 1. The van der Waals surface area contributed by atoms with Gasteiger partial charge in [0.15, 0.2) is 5.60 Å². The van der Waals surface area contributed by atoms with Gasteiger partial charge in [-0.05, 0) is 62.7 Å². The molecule has 4 atom stereocenters. The number of para-hydroxylation sites is 1. The van der Waals surface area contributed by atoms with E-state index in [-0.39, 0.29) is 18.4 Å². The van der Waals surface area contributed by atoms with Crippen LogP contribution in [0.1, 0.15) is 43.9 Å². The first-order chi connectivity index (χ1) is 20.1. The van der Waals surface area contributed by atoms with Crippen LogP contribution in [-0.2, 0) is 32.9 Å². The molecule has 2 fully saturated rings. The van der Waals surface area contributed by atoms with Gasteiger partial charge in [-0.1, -0.05) is 30.3 Å². The van der Waals surface area contributed by atoms with E-state index in [1.165, 1.54) is 0 Å². The summed E-state index contributed by atoms with van der Waals surface area (Å²) < 4.78 is 24.8. The van der Waals surface area contributed by atoms with Crippen molar-refractivity contribution >= 4 is 37.3 Å². The number of aryl methyl sites for hydroxylation is 1. The monoisotopic (exact) mass is 591 g/mol. The van der Waals surface area contributed by atoms with Gasteiger partial charge in [-0.25, -0.2) is 0 Å². The van der Waals surface area contributed by atoms with Crippen LogP contribution < -0.4 is 9.80 Å². The number of nitrogens with zero attached hydrogens (tertiary/aromatic N) is 5. The molecule has 11 heteroatoms. The molecule has 0 unspecified atom stereocenters. The van der Waals surface area contributed by atoms with Crippen LogP contribution in [0.25, 0.3) is 0 Å². The summed E-state index contributed by atoms with van der Waals surface area (Å²) in [5.74, 6) is -0.599. The van der Waals surface area contributed by atoms with Crippen LogP contribution in [0.5, 0.6) is 0 Å². The summed E-state index contributed by atoms with van der Waals surface area (Å²) >= 11 is 0. The molecule has 9 nitrogen and oxygen atoms in total. The normalized spacial score (nSPS) is 26.0. The van der Waals surface area contributed by atoms with Gasteiger partial charge < -0.3 is 18.9 Å². The minimum Gasteiger partial charge on any atom is -0.396 e. The Morgan fingerprint density at radius 1 is 1.12 bits per heavy atom. The van der Waals surface area contributed by atoms with Crippen LogP contribution in [0.15, 0.2) is 54.7 Å². The fraction of sp³-hybridized carbons (Fsp3) is 0.484. The van der Waals surface area contributed by atoms with Crippen molar-refractivity contribution in [3.8, 4) is 0 Å². The van der Waals surface area contributed by atoms with Crippen molar-refractivity contribution in [1.29, 1.82) is 0 Å². The second-order valence-corrected chi connectivity index (χ2v) is 16.0. The minimum absolute atomic E-state index is 0.0153. The van der Waals surface area contributed by atoms with Gasteiger partial charge in [0.2, 0.25) is 14.3 Å². The predicted molar refractivity (Wildman–Crippen MR) is 160 cm³/mol. The van der Waals surface area contributed by atoms with E-state index in [9.17, 15) is 14.7 Å². The lowest BCUT2D eigenvalue weighted by atomic mass is 9.82. The van der Waals surface area contributed by atoms with E-state index in [1.54, 1.807) is 33.8 Å². The molecular formula is C31H38FN5O4Si. The summed E-state index contributed by atoms with van der Waals surface area (Å²) in [6.07, 6.45) is 4.42. The third-order valence-corrected chi connectivity index (χ3v) is 11.6. The minimum atomic E-state index is -3.34. The first kappa shape index (κ1) is 28.7. The highest BCUT2D eigenvalue weighted by molar-refractivity contribution is 6.72. The number of halogens is 1. The van der Waals surface area contributed by atoms with Crippen molar-refractivity contribution < 1.29 is 23.5 Å². The zero-order chi connectivity index (χ0) is 29.6. The van der Waals surface area contributed by atoms with Gasteiger partial charge in [-0.15, -0.1) is 5.10 Å². The molecule has 3 aliphatic rings. The largest absolute Gasteiger partial charge is 0.396 e. The number of piperidine rings is 1. The van der Waals surface area contributed by atoms with Gasteiger partial charge in [0.25, 0.3) is 5.91 Å². The number of carbonyl (C=O) groups is 2. The van der Waals surface area contributed by atoms with Crippen molar-refractivity contribution in [1.82, 2.24) is 15.0 Å². The van der Waals surface area contributed by atoms with Crippen LogP contribution in [0.2, 0.25) is 18.6 Å². The summed E-state index contributed by atoms with van der Waals surface area (Å²) in [6, 6.07) is 15.2. The Bertz CT molecular complexity index is 1480. The van der Waals surface area contributed by atoms with Crippen LogP contribution in [-0.4, -0.2) is 59.6 Å². The van der Waals surface area contributed by atoms with Crippen molar-refractivity contribution in [2.24, 2.45) is 5.92 Å². The maximum Gasteiger partial charge on any atom is 0.268 e. The van der Waals surface area contributed by atoms with Gasteiger partial charge in [0.1, 0.15) is 0 Å². The van der Waals surface area contributed by atoms with Gasteiger partial charge in [0, 0.05) is 67.1 Å². The smallest absolute Gasteiger partial charge is 0.268 e. The maximum atomic E-state index is 16.2. The fourth-order valence-corrected chi connectivity index (χ4v) is 9.79. The molecule has 1 spiro atoms. The topological polar surface area (TPSA) is 101 Å². The number of hydrogen-bond acceptors (Lipinski definition) is 6. The molecule has 2 saturated heterocycles. The van der Waals surface area contributed by atoms with Crippen molar-refractivity contribution in [3.05, 3.63) is 66.0 Å². The maximum absolute atomic E-state index is 16.2. The zero-order valence-electron chi connectivity index (χ0n) is 24.4. The average molecular weight is 592 g/mol. The summed E-state index contributed by atoms with van der Waals surface area (Å²) in [5.41, 5.74) is 1.69. The number of benzene rings is 2. The molecule has 3 aliphatic heterocycles. The van der Waals surface area contributed by atoms with E-state index < -0.39 is 31.6 Å². The molecule has 0 radical (unpaired) electrons. The third kappa shape index (κ3) is 4.77. The van der Waals surface area contributed by atoms with Gasteiger partial charge in [-0.3, -0.25) is 19.2 Å². The fourth-order valence-electron chi connectivity index (χ4n) is 7.25. The van der Waals surface area contributed by atoms with Gasteiger partial charge in [-0.2, -0.15) is 0 Å². The summed E-state index contributed by atoms with van der Waals surface area (Å²) in [7, 11) is -3.34. The SMILES string of the molecule is C[C@H]1[C@H]([Si](C)(C)F)[C@@H](CCn2cc(CCO)nn2)O[C@]12C(=O)N(c1ccccc1)c1ccc(N3CCCCC3=O)cc12. The first-order valence-corrected chi connectivity index (χ1v) is 17.8. The number of carbonyl (C=O) groups excluding carboxylic acids is 2. The molecule has 1 aromatic heterocycles. The highest BCUT2D eigenvalue weighted by Crippen LogP contribution is 2.61. The van der Waals surface area contributed by atoms with Crippen molar-refractivity contribution in [2.75, 3.05) is 23.0 Å². The molecule has 42 heavy (non-hydrogen) atoms. The standard InChI is InChI=1S/C31H38FN5O4Si/c1-21-29(42(2,3)32)27(14-17-35-20-22(15-18-38)33-34-35)41-31(21)25-19-24(36-16-8-7-11-28(36)39)12-13-26(25)37(30(31)40)23-9-5-4-6-10-23/h4-6,9-10,12-13,19-21,27,29,38H,7-8,11,14-18H2,1-3H3/t21-,27+,29-,31+/m0/s1. The summed E-state index contributed by atoms with van der Waals surface area (Å²) in [6.45, 7) is 6.39. The Labute approximate surface area is 246 Å². The summed E-state index contributed by atoms with van der Waals surface area (Å²) in [5, 5.41) is 17.5. The van der Waals surface area contributed by atoms with E-state index >= 15 is 4.11 Å². The first-order valence-electron chi connectivity index (χ1n) is 14.9. The van der Waals surface area contributed by atoms with Crippen LogP contribution in [0.4, 0.5) is 21.2 Å². The van der Waals surface area contributed by atoms with Crippen LogP contribution >= 0.6 is 0 Å². The average Bonchev–Trinajstić information content (AvgIpc) is 3.61. The Morgan fingerprint density at radius 2 is 1.90 bits per heavy atom. The second-order valence-electron chi connectivity index (χ2n) is 12.2. The molecule has 3 aromatic rings. The van der Waals surface area contributed by atoms with Gasteiger partial charge in [0.05, 0.1) is 17.5 Å². The molecule has 6 rings (SSSR count). The van der Waals surface area contributed by atoms with Crippen molar-refractivity contribution in [2.45, 2.75) is 75.9 Å². The molecule has 0 aliphatic carbocycles. The number of fused-ring (bicyclic) bond motifs is 2. The molecule has 2 amide bonds. The van der Waals surface area contributed by atoms with E-state index in [1.807, 2.05) is 55.5 Å². The quantitative estimate of drug-likeness (QED) is 0.296. The van der Waals surface area contributed by atoms with Crippen LogP contribution in [0.3, 0.4) is 0 Å². The molecule has 0 bridgehead atoms. The number of aliphatic hydroxyl groups is 1. The highest BCUT2D eigenvalue weighted by Gasteiger charge is 2.67. The Morgan fingerprint density at radius 3 is 2.62 bits per heavy atom. The van der Waals surface area contributed by atoms with Gasteiger partial charge >= 0.3 is 0 Å². The number of amides is 2. The molecule has 4 heterocycles. The Hall–Kier alpha value is -3.41. The second kappa shape index (κ2) is 11.0. The molecule has 222 valence electrons. The number of rotatable bonds is 8. The van der Waals surface area contributed by atoms with E-state index in [0.717, 1.165) is 18.5 Å². The lowest BCUT2D eigenvalue weighted by Crippen LogP contribution is -2.44. The Balaban J connectivity index is 1.43. The van der Waals surface area contributed by atoms with E-state index in [2.05, 4.69) is 10.3 Å². The van der Waals surface area contributed by atoms with E-state index in [4.69, 9.17) is 4.74 Å². The lowest BCUT2D eigenvalue weighted by molar-refractivity contribution is -0.145. The number of aromatic nitrogens is 3. The molecule has 1 N–H and O–H groups in total. The predicted octanol–water partition coefficient (Wildman–Crippen LogP) is 4.87. The molecule has 2 aromatic carbocycles. The number of aliphatic hydroxyl groups excluding tert-OH is 1.